The molecule has 0 bridgehead atoms. The molecule has 3 atom stereocenters. The second-order valence-corrected chi connectivity index (χ2v) is 8.90. The standard InChI is InChI=1S/C22H25N5O/c1-3-14-16-10-27(11-17(14)16)20-9-19(23-12-24-20)21-15-8-13(28-22(2)6-7-22)4-5-18(15)25-26-21/h4-5,8-9,12,14,16-17H,3,6-7,10-11H2,1-2H3,(H,25,26)/t14-,16+,17-. The van der Waals surface area contributed by atoms with Crippen molar-refractivity contribution in [2.75, 3.05) is 18.0 Å². The van der Waals surface area contributed by atoms with E-state index in [1.807, 2.05) is 12.1 Å². The molecule has 1 N–H and O–H groups in total. The van der Waals surface area contributed by atoms with Crippen molar-refractivity contribution >= 4 is 16.7 Å². The van der Waals surface area contributed by atoms with Crippen LogP contribution in [0.3, 0.4) is 0 Å². The highest BCUT2D eigenvalue weighted by atomic mass is 16.5. The van der Waals surface area contributed by atoms with Gasteiger partial charge < -0.3 is 9.64 Å². The summed E-state index contributed by atoms with van der Waals surface area (Å²) in [5, 5.41) is 8.68. The fraction of sp³-hybridized carbons (Fsp3) is 0.500. The van der Waals surface area contributed by atoms with E-state index in [9.17, 15) is 0 Å². The minimum absolute atomic E-state index is 0.00655. The van der Waals surface area contributed by atoms with Gasteiger partial charge in [-0.15, -0.1) is 0 Å². The summed E-state index contributed by atoms with van der Waals surface area (Å²) in [6.45, 7) is 6.72. The van der Waals surface area contributed by atoms with E-state index < -0.39 is 0 Å². The van der Waals surface area contributed by atoms with Gasteiger partial charge in [-0.25, -0.2) is 9.97 Å². The fourth-order valence-electron chi connectivity index (χ4n) is 4.91. The normalized spacial score (nSPS) is 27.1. The third-order valence-corrected chi connectivity index (χ3v) is 6.92. The first-order valence-corrected chi connectivity index (χ1v) is 10.4. The van der Waals surface area contributed by atoms with E-state index in [0.29, 0.717) is 0 Å². The van der Waals surface area contributed by atoms with Crippen molar-refractivity contribution in [2.24, 2.45) is 17.8 Å². The first-order chi connectivity index (χ1) is 13.6. The predicted octanol–water partition coefficient (Wildman–Crippen LogP) is 4.04. The molecule has 28 heavy (non-hydrogen) atoms. The number of H-pyrrole nitrogens is 1. The van der Waals surface area contributed by atoms with Crippen LogP contribution in [0.15, 0.2) is 30.6 Å². The van der Waals surface area contributed by atoms with Crippen LogP contribution in [0.5, 0.6) is 5.75 Å². The van der Waals surface area contributed by atoms with Crippen LogP contribution in [0.4, 0.5) is 5.82 Å². The number of nitrogens with zero attached hydrogens (tertiary/aromatic N) is 4. The molecule has 1 aliphatic heterocycles. The Hall–Kier alpha value is -2.63. The number of aromatic amines is 1. The highest BCUT2D eigenvalue weighted by molar-refractivity contribution is 5.93. The van der Waals surface area contributed by atoms with Gasteiger partial charge in [-0.05, 0) is 55.7 Å². The lowest BCUT2D eigenvalue weighted by Crippen LogP contribution is -2.24. The van der Waals surface area contributed by atoms with Gasteiger partial charge >= 0.3 is 0 Å². The lowest BCUT2D eigenvalue weighted by atomic mass is 10.1. The monoisotopic (exact) mass is 375 g/mol. The molecular weight excluding hydrogens is 350 g/mol. The van der Waals surface area contributed by atoms with Crippen LogP contribution in [-0.4, -0.2) is 38.9 Å². The van der Waals surface area contributed by atoms with Gasteiger partial charge in [0.05, 0.1) is 16.9 Å². The molecule has 6 nitrogen and oxygen atoms in total. The van der Waals surface area contributed by atoms with Crippen LogP contribution in [0.2, 0.25) is 0 Å². The molecule has 2 saturated carbocycles. The van der Waals surface area contributed by atoms with E-state index in [1.54, 1.807) is 6.33 Å². The number of ether oxygens (including phenoxy) is 1. The van der Waals surface area contributed by atoms with Gasteiger partial charge in [0.15, 0.2) is 0 Å². The molecule has 0 unspecified atom stereocenters. The third kappa shape index (κ3) is 2.58. The number of benzene rings is 1. The SMILES string of the molecule is CC[C@H]1[C@H]2CN(c3cc(-c4[nH]nc5ccc(OC6(C)CC6)cc45)ncn3)C[C@@H]12. The molecule has 2 aromatic heterocycles. The molecule has 1 saturated heterocycles. The van der Waals surface area contributed by atoms with E-state index in [2.05, 4.69) is 51.0 Å². The molecule has 144 valence electrons. The van der Waals surface area contributed by atoms with Crippen molar-refractivity contribution in [3.05, 3.63) is 30.6 Å². The Bertz CT molecular complexity index is 1040. The Balaban J connectivity index is 1.31. The van der Waals surface area contributed by atoms with E-state index >= 15 is 0 Å². The largest absolute Gasteiger partial charge is 0.488 e. The van der Waals surface area contributed by atoms with Gasteiger partial charge in [0, 0.05) is 24.5 Å². The van der Waals surface area contributed by atoms with Crippen LogP contribution in [-0.2, 0) is 0 Å². The summed E-state index contributed by atoms with van der Waals surface area (Å²) in [7, 11) is 0. The Morgan fingerprint density at radius 1 is 1.18 bits per heavy atom. The third-order valence-electron chi connectivity index (χ3n) is 6.92. The number of nitrogens with one attached hydrogen (secondary N) is 1. The topological polar surface area (TPSA) is 66.9 Å². The van der Waals surface area contributed by atoms with Crippen LogP contribution >= 0.6 is 0 Å². The van der Waals surface area contributed by atoms with Crippen molar-refractivity contribution in [2.45, 2.75) is 38.7 Å². The molecule has 6 rings (SSSR count). The Kier molecular flexibility index (Phi) is 3.32. The summed E-state index contributed by atoms with van der Waals surface area (Å²) in [6.07, 6.45) is 5.22. The lowest BCUT2D eigenvalue weighted by Gasteiger charge is -2.20. The predicted molar refractivity (Wildman–Crippen MR) is 108 cm³/mol. The van der Waals surface area contributed by atoms with Crippen LogP contribution < -0.4 is 9.64 Å². The maximum atomic E-state index is 6.14. The average molecular weight is 375 g/mol. The van der Waals surface area contributed by atoms with Crippen molar-refractivity contribution in [1.82, 2.24) is 20.2 Å². The van der Waals surface area contributed by atoms with Crippen molar-refractivity contribution in [1.29, 1.82) is 0 Å². The van der Waals surface area contributed by atoms with Gasteiger partial charge in [-0.2, -0.15) is 5.10 Å². The van der Waals surface area contributed by atoms with Crippen LogP contribution in [0.1, 0.15) is 33.1 Å². The Labute approximate surface area is 164 Å². The minimum Gasteiger partial charge on any atom is -0.488 e. The smallest absolute Gasteiger partial charge is 0.132 e. The summed E-state index contributed by atoms with van der Waals surface area (Å²) < 4.78 is 6.14. The number of anilines is 1. The van der Waals surface area contributed by atoms with E-state index in [1.165, 1.54) is 6.42 Å². The van der Waals surface area contributed by atoms with Gasteiger partial charge in [0.2, 0.25) is 0 Å². The van der Waals surface area contributed by atoms with Gasteiger partial charge in [0.25, 0.3) is 0 Å². The maximum absolute atomic E-state index is 6.14. The van der Waals surface area contributed by atoms with Crippen molar-refractivity contribution in [3.8, 4) is 17.1 Å². The molecule has 3 aliphatic rings. The Morgan fingerprint density at radius 2 is 2.00 bits per heavy atom. The number of rotatable bonds is 5. The average Bonchev–Trinajstić information content (AvgIpc) is 3.45. The molecule has 3 heterocycles. The summed E-state index contributed by atoms with van der Waals surface area (Å²) >= 11 is 0. The number of piperidine rings is 1. The minimum atomic E-state index is 0.00655. The number of aromatic nitrogens is 4. The summed E-state index contributed by atoms with van der Waals surface area (Å²) in [5.74, 6) is 4.57. The summed E-state index contributed by atoms with van der Waals surface area (Å²) in [6, 6.07) is 8.19. The quantitative estimate of drug-likeness (QED) is 0.729. The first-order valence-electron chi connectivity index (χ1n) is 10.4. The summed E-state index contributed by atoms with van der Waals surface area (Å²) in [4.78, 5) is 11.5. The highest BCUT2D eigenvalue weighted by Gasteiger charge is 2.54. The van der Waals surface area contributed by atoms with Crippen LogP contribution in [0.25, 0.3) is 22.3 Å². The summed E-state index contributed by atoms with van der Waals surface area (Å²) in [5.41, 5.74) is 2.75. The molecular formula is C22H25N5O. The number of hydrogen-bond donors (Lipinski definition) is 1. The maximum Gasteiger partial charge on any atom is 0.132 e. The second kappa shape index (κ2) is 5.69. The Morgan fingerprint density at radius 3 is 2.75 bits per heavy atom. The molecule has 2 aliphatic carbocycles. The van der Waals surface area contributed by atoms with E-state index in [-0.39, 0.29) is 5.60 Å². The molecule has 0 spiro atoms. The lowest BCUT2D eigenvalue weighted by molar-refractivity contribution is 0.200. The van der Waals surface area contributed by atoms with Crippen LogP contribution in [0, 0.1) is 17.8 Å². The van der Waals surface area contributed by atoms with Crippen molar-refractivity contribution in [3.63, 3.8) is 0 Å². The second-order valence-electron chi connectivity index (χ2n) is 8.90. The highest BCUT2D eigenvalue weighted by Crippen LogP contribution is 2.54. The first kappa shape index (κ1) is 16.3. The molecule has 0 radical (unpaired) electrons. The molecule has 0 amide bonds. The van der Waals surface area contributed by atoms with Gasteiger partial charge in [-0.1, -0.05) is 13.3 Å². The zero-order valence-electron chi connectivity index (χ0n) is 16.4. The van der Waals surface area contributed by atoms with Gasteiger partial charge in [0.1, 0.15) is 23.5 Å². The zero-order chi connectivity index (χ0) is 18.9. The molecule has 1 aromatic carbocycles. The van der Waals surface area contributed by atoms with Crippen molar-refractivity contribution < 1.29 is 4.74 Å². The van der Waals surface area contributed by atoms with E-state index in [4.69, 9.17) is 4.74 Å². The zero-order valence-corrected chi connectivity index (χ0v) is 16.4. The molecule has 3 aromatic rings. The number of fused-ring (bicyclic) bond motifs is 2. The van der Waals surface area contributed by atoms with E-state index in [0.717, 1.165) is 77.5 Å². The fourth-order valence-corrected chi connectivity index (χ4v) is 4.91. The molecule has 6 heteroatoms. The molecule has 3 fully saturated rings. The van der Waals surface area contributed by atoms with Gasteiger partial charge in [-0.3, -0.25) is 5.10 Å². The number of hydrogen-bond acceptors (Lipinski definition) is 5.